The molecular weight excluding hydrogens is 238 g/mol. The Balaban J connectivity index is 2.09. The van der Waals surface area contributed by atoms with E-state index in [1.807, 2.05) is 6.92 Å². The number of nitrogens with two attached hydrogens (primary N) is 1. The second-order valence-electron chi connectivity index (χ2n) is 4.13. The van der Waals surface area contributed by atoms with Gasteiger partial charge in [-0.3, -0.25) is 4.57 Å². The van der Waals surface area contributed by atoms with Crippen LogP contribution in [0.3, 0.4) is 0 Å². The van der Waals surface area contributed by atoms with Crippen LogP contribution in [-0.4, -0.2) is 40.1 Å². The highest BCUT2D eigenvalue weighted by molar-refractivity contribution is 5.23. The topological polar surface area (TPSA) is 99.6 Å². The quantitative estimate of drug-likeness (QED) is 0.753. The van der Waals surface area contributed by atoms with E-state index in [4.69, 9.17) is 15.2 Å². The molecule has 1 aliphatic rings. The first-order valence-corrected chi connectivity index (χ1v) is 5.87. The Hall–Kier alpha value is -1.44. The van der Waals surface area contributed by atoms with Gasteiger partial charge in [0.05, 0.1) is 12.7 Å². The Morgan fingerprint density at radius 2 is 2.50 bits per heavy atom. The first-order chi connectivity index (χ1) is 8.61. The maximum Gasteiger partial charge on any atom is 0.351 e. The van der Waals surface area contributed by atoms with Crippen LogP contribution in [0.1, 0.15) is 19.6 Å². The van der Waals surface area contributed by atoms with Crippen LogP contribution >= 0.6 is 0 Å². The van der Waals surface area contributed by atoms with E-state index in [9.17, 15) is 9.90 Å². The van der Waals surface area contributed by atoms with Crippen molar-refractivity contribution in [2.45, 2.75) is 31.8 Å². The normalized spacial score (nSPS) is 27.6. The standard InChI is InChI=1S/C11H17N3O4/c1-2-17-6-8-7(15)5-10(18-8)14-4-3-9(12)13-11(14)16/h3-4,7-8,10,15H,2,5-6H2,1H3,(H2,12,13,16)/t7-,8+,10+/m0/s1. The molecule has 2 heterocycles. The average molecular weight is 255 g/mol. The monoisotopic (exact) mass is 255 g/mol. The van der Waals surface area contributed by atoms with Crippen molar-refractivity contribution in [3.63, 3.8) is 0 Å². The highest BCUT2D eigenvalue weighted by atomic mass is 16.6. The van der Waals surface area contributed by atoms with Crippen molar-refractivity contribution < 1.29 is 14.6 Å². The second-order valence-corrected chi connectivity index (χ2v) is 4.13. The summed E-state index contributed by atoms with van der Waals surface area (Å²) in [6.45, 7) is 2.74. The summed E-state index contributed by atoms with van der Waals surface area (Å²) in [6, 6.07) is 1.52. The van der Waals surface area contributed by atoms with Gasteiger partial charge in [0.2, 0.25) is 0 Å². The summed E-state index contributed by atoms with van der Waals surface area (Å²) >= 11 is 0. The van der Waals surface area contributed by atoms with E-state index in [2.05, 4.69) is 4.98 Å². The SMILES string of the molecule is CCOC[C@H]1O[C@@H](n2ccc(N)nc2=O)C[C@@H]1O. The molecular formula is C11H17N3O4. The summed E-state index contributed by atoms with van der Waals surface area (Å²) < 4.78 is 12.1. The summed E-state index contributed by atoms with van der Waals surface area (Å²) in [4.78, 5) is 15.3. The third-order valence-electron chi connectivity index (χ3n) is 2.85. The largest absolute Gasteiger partial charge is 0.390 e. The molecule has 1 fully saturated rings. The van der Waals surface area contributed by atoms with Crippen LogP contribution in [0.2, 0.25) is 0 Å². The fourth-order valence-electron chi connectivity index (χ4n) is 1.91. The number of nitrogen functional groups attached to an aromatic ring is 1. The maximum atomic E-state index is 11.6. The van der Waals surface area contributed by atoms with Gasteiger partial charge < -0.3 is 20.3 Å². The molecule has 1 aromatic rings. The minimum absolute atomic E-state index is 0.167. The van der Waals surface area contributed by atoms with Gasteiger partial charge in [-0.05, 0) is 13.0 Å². The molecule has 18 heavy (non-hydrogen) atoms. The molecule has 1 saturated heterocycles. The van der Waals surface area contributed by atoms with Crippen molar-refractivity contribution in [3.05, 3.63) is 22.7 Å². The molecule has 2 rings (SSSR count). The van der Waals surface area contributed by atoms with Gasteiger partial charge in [0.25, 0.3) is 0 Å². The number of nitrogens with zero attached hydrogens (tertiary/aromatic N) is 2. The van der Waals surface area contributed by atoms with Gasteiger partial charge in [0, 0.05) is 19.2 Å². The minimum Gasteiger partial charge on any atom is -0.390 e. The molecule has 0 saturated carbocycles. The summed E-state index contributed by atoms with van der Waals surface area (Å²) in [5, 5.41) is 9.83. The highest BCUT2D eigenvalue weighted by Gasteiger charge is 2.35. The molecule has 0 unspecified atom stereocenters. The second kappa shape index (κ2) is 5.47. The van der Waals surface area contributed by atoms with Crippen LogP contribution in [0, 0.1) is 0 Å². The lowest BCUT2D eigenvalue weighted by Crippen LogP contribution is -2.28. The molecule has 1 aliphatic heterocycles. The summed E-state index contributed by atoms with van der Waals surface area (Å²) in [5.41, 5.74) is 4.93. The fourth-order valence-corrected chi connectivity index (χ4v) is 1.91. The van der Waals surface area contributed by atoms with E-state index >= 15 is 0 Å². The first kappa shape index (κ1) is 13.0. The lowest BCUT2D eigenvalue weighted by atomic mass is 10.2. The predicted octanol–water partition coefficient (Wildman–Crippen LogP) is -0.490. The third-order valence-corrected chi connectivity index (χ3v) is 2.85. The zero-order valence-electron chi connectivity index (χ0n) is 10.2. The zero-order valence-corrected chi connectivity index (χ0v) is 10.2. The number of ether oxygens (including phenoxy) is 2. The van der Waals surface area contributed by atoms with Gasteiger partial charge >= 0.3 is 5.69 Å². The van der Waals surface area contributed by atoms with Crippen molar-refractivity contribution in [1.29, 1.82) is 0 Å². The van der Waals surface area contributed by atoms with Gasteiger partial charge in [-0.1, -0.05) is 0 Å². The molecule has 7 nitrogen and oxygen atoms in total. The van der Waals surface area contributed by atoms with Gasteiger partial charge in [-0.2, -0.15) is 4.98 Å². The Kier molecular flexibility index (Phi) is 3.95. The van der Waals surface area contributed by atoms with Gasteiger partial charge in [-0.15, -0.1) is 0 Å². The number of aromatic nitrogens is 2. The lowest BCUT2D eigenvalue weighted by molar-refractivity contribution is -0.0616. The number of hydrogen-bond donors (Lipinski definition) is 2. The first-order valence-electron chi connectivity index (χ1n) is 5.87. The zero-order chi connectivity index (χ0) is 13.1. The molecule has 0 aliphatic carbocycles. The Morgan fingerprint density at radius 3 is 3.17 bits per heavy atom. The van der Waals surface area contributed by atoms with E-state index < -0.39 is 24.1 Å². The summed E-state index contributed by atoms with van der Waals surface area (Å²) in [5.74, 6) is 0.167. The van der Waals surface area contributed by atoms with Crippen LogP contribution in [0.5, 0.6) is 0 Å². The van der Waals surface area contributed by atoms with E-state index in [0.29, 0.717) is 19.6 Å². The smallest absolute Gasteiger partial charge is 0.351 e. The molecule has 0 amide bonds. The van der Waals surface area contributed by atoms with Crippen LogP contribution in [0.15, 0.2) is 17.1 Å². The van der Waals surface area contributed by atoms with Crippen molar-refractivity contribution in [2.24, 2.45) is 0 Å². The molecule has 0 radical (unpaired) electrons. The fraction of sp³-hybridized carbons (Fsp3) is 0.636. The van der Waals surface area contributed by atoms with E-state index in [1.165, 1.54) is 16.8 Å². The van der Waals surface area contributed by atoms with Gasteiger partial charge in [-0.25, -0.2) is 4.79 Å². The number of anilines is 1. The summed E-state index contributed by atoms with van der Waals surface area (Å²) in [7, 11) is 0. The Bertz CT molecular complexity index is 462. The molecule has 0 spiro atoms. The number of aliphatic hydroxyl groups is 1. The number of aliphatic hydroxyl groups excluding tert-OH is 1. The lowest BCUT2D eigenvalue weighted by Gasteiger charge is -2.15. The number of rotatable bonds is 4. The predicted molar refractivity (Wildman–Crippen MR) is 63.9 cm³/mol. The van der Waals surface area contributed by atoms with Gasteiger partial charge in [0.1, 0.15) is 18.1 Å². The molecule has 7 heteroatoms. The molecule has 3 N–H and O–H groups in total. The number of hydrogen-bond acceptors (Lipinski definition) is 6. The Labute approximate surface area is 104 Å². The molecule has 0 bridgehead atoms. The van der Waals surface area contributed by atoms with E-state index in [1.54, 1.807) is 0 Å². The van der Waals surface area contributed by atoms with E-state index in [-0.39, 0.29) is 5.82 Å². The van der Waals surface area contributed by atoms with Crippen LogP contribution in [0.4, 0.5) is 5.82 Å². The Morgan fingerprint density at radius 1 is 1.72 bits per heavy atom. The van der Waals surface area contributed by atoms with Crippen LogP contribution in [-0.2, 0) is 9.47 Å². The van der Waals surface area contributed by atoms with Crippen molar-refractivity contribution in [3.8, 4) is 0 Å². The average Bonchev–Trinajstić information content (AvgIpc) is 2.68. The minimum atomic E-state index is -0.647. The molecule has 0 aromatic carbocycles. The molecule has 1 aromatic heterocycles. The molecule has 100 valence electrons. The highest BCUT2D eigenvalue weighted by Crippen LogP contribution is 2.27. The van der Waals surface area contributed by atoms with E-state index in [0.717, 1.165) is 0 Å². The van der Waals surface area contributed by atoms with Crippen LogP contribution in [0.25, 0.3) is 0 Å². The van der Waals surface area contributed by atoms with Crippen molar-refractivity contribution in [1.82, 2.24) is 9.55 Å². The maximum absolute atomic E-state index is 11.6. The third kappa shape index (κ3) is 2.69. The van der Waals surface area contributed by atoms with Crippen molar-refractivity contribution >= 4 is 5.82 Å². The van der Waals surface area contributed by atoms with Crippen molar-refractivity contribution in [2.75, 3.05) is 18.9 Å². The molecule has 3 atom stereocenters. The summed E-state index contributed by atoms with van der Waals surface area (Å²) in [6.07, 6.45) is 0.269. The van der Waals surface area contributed by atoms with Crippen LogP contribution < -0.4 is 11.4 Å². The van der Waals surface area contributed by atoms with Gasteiger partial charge in [0.15, 0.2) is 0 Å².